The largest absolute Gasteiger partial charge is 0.494 e. The van der Waals surface area contributed by atoms with Gasteiger partial charge >= 0.3 is 0 Å². The average molecular weight is 423 g/mol. The van der Waals surface area contributed by atoms with E-state index in [1.54, 1.807) is 0 Å². The van der Waals surface area contributed by atoms with E-state index >= 15 is 0 Å². The zero-order chi connectivity index (χ0) is 21.7. The third kappa shape index (κ3) is 8.56. The van der Waals surface area contributed by atoms with Crippen molar-refractivity contribution in [1.82, 2.24) is 0 Å². The van der Waals surface area contributed by atoms with Crippen LogP contribution in [0.15, 0.2) is 24.3 Å². The van der Waals surface area contributed by atoms with Gasteiger partial charge in [-0.1, -0.05) is 77.1 Å². The average Bonchev–Trinajstić information content (AvgIpc) is 2.82. The molecule has 2 aliphatic carbocycles. The molecule has 0 spiro atoms. The van der Waals surface area contributed by atoms with Gasteiger partial charge in [-0.25, -0.2) is 0 Å². The summed E-state index contributed by atoms with van der Waals surface area (Å²) in [5, 5.41) is 0. The molecule has 0 amide bonds. The van der Waals surface area contributed by atoms with Crippen LogP contribution in [0, 0.1) is 35.5 Å². The van der Waals surface area contributed by atoms with Gasteiger partial charge in [0.1, 0.15) is 5.75 Å². The summed E-state index contributed by atoms with van der Waals surface area (Å²) in [7, 11) is 0. The number of hydrogen-bond acceptors (Lipinski definition) is 1. The molecule has 0 unspecified atom stereocenters. The number of ether oxygens (including phenoxy) is 1. The van der Waals surface area contributed by atoms with Gasteiger partial charge in [-0.2, -0.15) is 0 Å². The van der Waals surface area contributed by atoms with Gasteiger partial charge in [0.15, 0.2) is 0 Å². The third-order valence-electron chi connectivity index (χ3n) is 7.84. The Kier molecular flexibility index (Phi) is 10.8. The van der Waals surface area contributed by atoms with Crippen molar-refractivity contribution in [3.8, 4) is 17.6 Å². The van der Waals surface area contributed by atoms with Gasteiger partial charge in [0, 0.05) is 11.5 Å². The maximum atomic E-state index is 5.75. The van der Waals surface area contributed by atoms with Gasteiger partial charge < -0.3 is 4.74 Å². The van der Waals surface area contributed by atoms with Gasteiger partial charge in [0.25, 0.3) is 0 Å². The van der Waals surface area contributed by atoms with Crippen LogP contribution in [0.25, 0.3) is 0 Å². The highest BCUT2D eigenvalue weighted by atomic mass is 16.5. The molecule has 0 saturated heterocycles. The molecule has 0 atom stereocenters. The molecule has 0 N–H and O–H groups in total. The Morgan fingerprint density at radius 1 is 0.742 bits per heavy atom. The minimum Gasteiger partial charge on any atom is -0.494 e. The van der Waals surface area contributed by atoms with Crippen LogP contribution in [0.3, 0.4) is 0 Å². The zero-order valence-electron chi connectivity index (χ0n) is 20.3. The highest BCUT2D eigenvalue weighted by Crippen LogP contribution is 2.42. The molecule has 0 heterocycles. The molecular weight excluding hydrogens is 376 g/mol. The Bertz CT molecular complexity index is 648. The molecular formula is C30H46O. The van der Waals surface area contributed by atoms with E-state index in [1.165, 1.54) is 89.9 Å². The molecule has 1 heteroatoms. The fourth-order valence-electron chi connectivity index (χ4n) is 5.70. The topological polar surface area (TPSA) is 9.23 Å². The summed E-state index contributed by atoms with van der Waals surface area (Å²) in [6, 6.07) is 8.36. The van der Waals surface area contributed by atoms with Crippen LogP contribution in [0.1, 0.15) is 116 Å². The predicted octanol–water partition coefficient (Wildman–Crippen LogP) is 8.80. The lowest BCUT2D eigenvalue weighted by molar-refractivity contribution is 0.153. The summed E-state index contributed by atoms with van der Waals surface area (Å²) in [6.07, 6.45) is 21.0. The molecule has 0 aromatic heterocycles. The van der Waals surface area contributed by atoms with Crippen molar-refractivity contribution in [2.24, 2.45) is 23.7 Å². The molecule has 31 heavy (non-hydrogen) atoms. The molecule has 2 saturated carbocycles. The first-order chi connectivity index (χ1) is 15.3. The van der Waals surface area contributed by atoms with E-state index < -0.39 is 0 Å². The summed E-state index contributed by atoms with van der Waals surface area (Å²) < 4.78 is 5.75. The molecule has 0 radical (unpaired) electrons. The molecule has 2 aliphatic rings. The molecule has 172 valence electrons. The second-order valence-corrected chi connectivity index (χ2v) is 10.2. The summed E-state index contributed by atoms with van der Waals surface area (Å²) in [4.78, 5) is 0. The molecule has 3 rings (SSSR count). The molecule has 2 fully saturated rings. The number of hydrogen-bond donors (Lipinski definition) is 0. The van der Waals surface area contributed by atoms with Crippen LogP contribution >= 0.6 is 0 Å². The van der Waals surface area contributed by atoms with Crippen LogP contribution in [0.4, 0.5) is 0 Å². The van der Waals surface area contributed by atoms with Crippen molar-refractivity contribution in [2.75, 3.05) is 6.61 Å². The van der Waals surface area contributed by atoms with E-state index in [-0.39, 0.29) is 0 Å². The van der Waals surface area contributed by atoms with Gasteiger partial charge in [0.05, 0.1) is 6.61 Å². The van der Waals surface area contributed by atoms with E-state index in [4.69, 9.17) is 4.74 Å². The first-order valence-corrected chi connectivity index (χ1v) is 13.5. The smallest absolute Gasteiger partial charge is 0.119 e. The normalized spacial score (nSPS) is 26.1. The minimum absolute atomic E-state index is 0.603. The van der Waals surface area contributed by atoms with E-state index in [1.807, 2.05) is 0 Å². The Morgan fingerprint density at radius 3 is 2.03 bits per heavy atom. The van der Waals surface area contributed by atoms with Crippen LogP contribution in [0.5, 0.6) is 5.75 Å². The first kappa shape index (κ1) is 24.2. The highest BCUT2D eigenvalue weighted by Gasteiger charge is 2.30. The summed E-state index contributed by atoms with van der Waals surface area (Å²) >= 11 is 0. The maximum Gasteiger partial charge on any atom is 0.119 e. The Labute approximate surface area is 192 Å². The van der Waals surface area contributed by atoms with E-state index in [0.29, 0.717) is 5.92 Å². The quantitative estimate of drug-likeness (QED) is 0.270. The van der Waals surface area contributed by atoms with Gasteiger partial charge in [-0.15, -0.1) is 0 Å². The molecule has 1 aromatic carbocycles. The lowest BCUT2D eigenvalue weighted by Crippen LogP contribution is -2.25. The van der Waals surface area contributed by atoms with Gasteiger partial charge in [-0.3, -0.25) is 0 Å². The second-order valence-electron chi connectivity index (χ2n) is 10.2. The fraction of sp³-hybridized carbons (Fsp3) is 0.733. The standard InChI is InChI=1S/C30H46O/c1-3-5-7-8-9-25-12-18-28(19-13-25)29-20-14-26(15-21-29)10-11-27-16-22-30(23-17-27)31-24-6-4-2/h16-17,22-23,25-26,28-29H,3-9,12-15,18-21,24H2,1-2H3/t25-,26-,28-,29-. The summed E-state index contributed by atoms with van der Waals surface area (Å²) in [5.74, 6) is 11.6. The van der Waals surface area contributed by atoms with Crippen molar-refractivity contribution in [3.63, 3.8) is 0 Å². The van der Waals surface area contributed by atoms with E-state index in [0.717, 1.165) is 42.1 Å². The van der Waals surface area contributed by atoms with Crippen molar-refractivity contribution in [2.45, 2.75) is 110 Å². The molecule has 0 bridgehead atoms. The van der Waals surface area contributed by atoms with E-state index in [2.05, 4.69) is 50.0 Å². The van der Waals surface area contributed by atoms with Gasteiger partial charge in [0.2, 0.25) is 0 Å². The molecule has 1 aromatic rings. The van der Waals surface area contributed by atoms with Crippen LogP contribution in [-0.4, -0.2) is 6.61 Å². The molecule has 1 nitrogen and oxygen atoms in total. The van der Waals surface area contributed by atoms with Crippen molar-refractivity contribution in [3.05, 3.63) is 29.8 Å². The van der Waals surface area contributed by atoms with Crippen molar-refractivity contribution in [1.29, 1.82) is 0 Å². The Hall–Kier alpha value is -1.42. The van der Waals surface area contributed by atoms with Crippen LogP contribution in [0.2, 0.25) is 0 Å². The van der Waals surface area contributed by atoms with Crippen LogP contribution in [-0.2, 0) is 0 Å². The molecule has 0 aliphatic heterocycles. The number of rotatable bonds is 10. The van der Waals surface area contributed by atoms with Crippen molar-refractivity contribution >= 4 is 0 Å². The predicted molar refractivity (Wildman–Crippen MR) is 133 cm³/mol. The Balaban J connectivity index is 1.34. The number of benzene rings is 1. The third-order valence-corrected chi connectivity index (χ3v) is 7.84. The first-order valence-electron chi connectivity index (χ1n) is 13.5. The summed E-state index contributed by atoms with van der Waals surface area (Å²) in [5.41, 5.74) is 1.13. The lowest BCUT2D eigenvalue weighted by atomic mass is 9.69. The van der Waals surface area contributed by atoms with Crippen LogP contribution < -0.4 is 4.74 Å². The minimum atomic E-state index is 0.603. The van der Waals surface area contributed by atoms with Crippen molar-refractivity contribution < 1.29 is 4.74 Å². The zero-order valence-corrected chi connectivity index (χ0v) is 20.3. The summed E-state index contributed by atoms with van der Waals surface area (Å²) in [6.45, 7) is 5.31. The highest BCUT2D eigenvalue weighted by molar-refractivity contribution is 5.38. The lowest BCUT2D eigenvalue weighted by Gasteiger charge is -2.37. The maximum absolute atomic E-state index is 5.75. The van der Waals surface area contributed by atoms with E-state index in [9.17, 15) is 0 Å². The Morgan fingerprint density at radius 2 is 1.39 bits per heavy atom. The SMILES string of the molecule is CCCCCC[C@H]1CC[C@H]([C@H]2CC[C@H](C#Cc3ccc(OCCCC)cc3)CC2)CC1. The number of unbranched alkanes of at least 4 members (excludes halogenated alkanes) is 4. The fourth-order valence-corrected chi connectivity index (χ4v) is 5.70. The van der Waals surface area contributed by atoms with Gasteiger partial charge in [-0.05, 0) is 87.0 Å². The second kappa shape index (κ2) is 13.9. The monoisotopic (exact) mass is 422 g/mol.